The molecule has 0 aliphatic heterocycles. The molecule has 1 N–H and O–H groups in total. The molecule has 0 aromatic heterocycles. The molecule has 0 bridgehead atoms. The van der Waals surface area contributed by atoms with Crippen LogP contribution in [-0.2, 0) is 10.1 Å². The smallest absolute Gasteiger partial charge is 1.00 e. The van der Waals surface area contributed by atoms with E-state index in [-0.39, 0.29) is 44.2 Å². The van der Waals surface area contributed by atoms with Crippen molar-refractivity contribution in [3.8, 4) is 0 Å². The summed E-state index contributed by atoms with van der Waals surface area (Å²) in [5.74, 6) is -0.201. The molecule has 0 amide bonds. The molecule has 0 radical (unpaired) electrons. The molecule has 0 spiro atoms. The molecule has 0 aromatic carbocycles. The SMILES string of the molecule is C.CCS(=O)(=O)O.[H-].[Na+]. The van der Waals surface area contributed by atoms with Gasteiger partial charge in [-0.3, -0.25) is 4.55 Å². The van der Waals surface area contributed by atoms with Crippen LogP contribution in [0.2, 0.25) is 0 Å². The summed E-state index contributed by atoms with van der Waals surface area (Å²) in [6, 6.07) is 0. The second kappa shape index (κ2) is 6.04. The van der Waals surface area contributed by atoms with Crippen molar-refractivity contribution in [2.75, 3.05) is 5.75 Å². The molecule has 5 heteroatoms. The molecule has 0 unspecified atom stereocenters. The van der Waals surface area contributed by atoms with Crippen LogP contribution in [0.3, 0.4) is 0 Å². The van der Waals surface area contributed by atoms with E-state index in [4.69, 9.17) is 4.55 Å². The number of rotatable bonds is 1. The average molecular weight is 150 g/mol. The van der Waals surface area contributed by atoms with Crippen molar-refractivity contribution in [3.63, 3.8) is 0 Å². The van der Waals surface area contributed by atoms with Crippen LogP contribution < -0.4 is 29.6 Å². The zero-order valence-electron chi connectivity index (χ0n) is 5.38. The Balaban J connectivity index is -0.0000000417. The van der Waals surface area contributed by atoms with Crippen molar-refractivity contribution in [1.82, 2.24) is 0 Å². The molecular weight excluding hydrogens is 139 g/mol. The maximum absolute atomic E-state index is 9.56. The van der Waals surface area contributed by atoms with Crippen molar-refractivity contribution >= 4 is 10.1 Å². The first-order valence-corrected chi connectivity index (χ1v) is 3.12. The molecule has 0 fully saturated rings. The summed E-state index contributed by atoms with van der Waals surface area (Å²) in [4.78, 5) is 0. The minimum Gasteiger partial charge on any atom is -1.00 e. The van der Waals surface area contributed by atoms with E-state index in [1.807, 2.05) is 0 Å². The fourth-order valence-electron chi connectivity index (χ4n) is 0. The van der Waals surface area contributed by atoms with Gasteiger partial charge in [-0.15, -0.1) is 0 Å². The Morgan fingerprint density at radius 2 is 1.75 bits per heavy atom. The van der Waals surface area contributed by atoms with Crippen LogP contribution >= 0.6 is 0 Å². The molecule has 0 atom stereocenters. The predicted octanol–water partition coefficient (Wildman–Crippen LogP) is -2.35. The van der Waals surface area contributed by atoms with Crippen LogP contribution in [-0.4, -0.2) is 18.7 Å². The van der Waals surface area contributed by atoms with E-state index in [0.717, 1.165) is 0 Å². The molecule has 0 rings (SSSR count). The van der Waals surface area contributed by atoms with Crippen molar-refractivity contribution in [3.05, 3.63) is 0 Å². The molecule has 48 valence electrons. The van der Waals surface area contributed by atoms with E-state index >= 15 is 0 Å². The molecule has 0 saturated carbocycles. The summed E-state index contributed by atoms with van der Waals surface area (Å²) in [6.07, 6.45) is 0. The Hall–Kier alpha value is 0.910. The van der Waals surface area contributed by atoms with Gasteiger partial charge in [-0.25, -0.2) is 0 Å². The van der Waals surface area contributed by atoms with E-state index in [0.29, 0.717) is 0 Å². The molecule has 0 heterocycles. The van der Waals surface area contributed by atoms with E-state index in [1.165, 1.54) is 6.92 Å². The molecule has 0 aromatic rings. The third-order valence-electron chi connectivity index (χ3n) is 0.365. The third kappa shape index (κ3) is 15.8. The van der Waals surface area contributed by atoms with E-state index in [2.05, 4.69) is 0 Å². The second-order valence-electron chi connectivity index (χ2n) is 0.871. The van der Waals surface area contributed by atoms with Crippen LogP contribution in [0.25, 0.3) is 0 Å². The van der Waals surface area contributed by atoms with Gasteiger partial charge in [0.25, 0.3) is 10.1 Å². The van der Waals surface area contributed by atoms with Gasteiger partial charge in [0.15, 0.2) is 0 Å². The topological polar surface area (TPSA) is 54.4 Å². The first kappa shape index (κ1) is 16.0. The van der Waals surface area contributed by atoms with Gasteiger partial charge >= 0.3 is 29.6 Å². The molecule has 8 heavy (non-hydrogen) atoms. The first-order valence-electron chi connectivity index (χ1n) is 1.51. The second-order valence-corrected chi connectivity index (χ2v) is 2.61. The fourth-order valence-corrected chi connectivity index (χ4v) is 0. The van der Waals surface area contributed by atoms with Crippen LogP contribution in [0.5, 0.6) is 0 Å². The van der Waals surface area contributed by atoms with Gasteiger partial charge in [0.2, 0.25) is 0 Å². The maximum Gasteiger partial charge on any atom is 1.00 e. The van der Waals surface area contributed by atoms with Crippen molar-refractivity contribution < 1.29 is 44.0 Å². The summed E-state index contributed by atoms with van der Waals surface area (Å²) in [5.41, 5.74) is 0. The van der Waals surface area contributed by atoms with Crippen molar-refractivity contribution in [2.45, 2.75) is 14.4 Å². The van der Waals surface area contributed by atoms with Gasteiger partial charge in [0, 0.05) is 0 Å². The summed E-state index contributed by atoms with van der Waals surface area (Å²) < 4.78 is 26.9. The Kier molecular flexibility index (Phi) is 12.0. The Bertz CT molecular complexity index is 121. The molecule has 0 saturated heterocycles. The zero-order chi connectivity index (χ0) is 5.21. The molecule has 3 nitrogen and oxygen atoms in total. The summed E-state index contributed by atoms with van der Waals surface area (Å²) >= 11 is 0. The van der Waals surface area contributed by atoms with Gasteiger partial charge in [-0.2, -0.15) is 8.42 Å². The Morgan fingerprint density at radius 1 is 1.62 bits per heavy atom. The van der Waals surface area contributed by atoms with Gasteiger partial charge in [0.1, 0.15) is 0 Å². The van der Waals surface area contributed by atoms with E-state index in [1.54, 1.807) is 0 Å². The summed E-state index contributed by atoms with van der Waals surface area (Å²) in [6.45, 7) is 1.37. The minimum atomic E-state index is -3.66. The van der Waals surface area contributed by atoms with Gasteiger partial charge < -0.3 is 1.43 Å². The normalized spacial score (nSPS) is 8.75. The zero-order valence-corrected chi connectivity index (χ0v) is 7.20. The van der Waals surface area contributed by atoms with E-state index < -0.39 is 10.1 Å². The maximum atomic E-state index is 9.56. The Labute approximate surface area is 74.0 Å². The number of hydrogen-bond acceptors (Lipinski definition) is 2. The van der Waals surface area contributed by atoms with Gasteiger partial charge in [0.05, 0.1) is 5.75 Å². The number of hydrogen-bond donors (Lipinski definition) is 1. The van der Waals surface area contributed by atoms with E-state index in [9.17, 15) is 8.42 Å². The van der Waals surface area contributed by atoms with Crippen molar-refractivity contribution in [1.29, 1.82) is 0 Å². The van der Waals surface area contributed by atoms with Crippen molar-refractivity contribution in [2.24, 2.45) is 0 Å². The predicted molar refractivity (Wildman–Crippen MR) is 29.9 cm³/mol. The quantitative estimate of drug-likeness (QED) is 0.336. The molecule has 0 aliphatic carbocycles. The molecule has 0 aliphatic rings. The summed E-state index contributed by atoms with van der Waals surface area (Å²) in [7, 11) is -3.66. The largest absolute Gasteiger partial charge is 1.00 e. The third-order valence-corrected chi connectivity index (χ3v) is 1.09. The van der Waals surface area contributed by atoms with Crippen LogP contribution in [0.4, 0.5) is 0 Å². The standard InChI is InChI=1S/C2H6O3S.CH4.Na.H/c1-2-6(3,4)5;;;/h2H2,1H3,(H,3,4,5);1H4;;/q;;+1;-1. The minimum absolute atomic E-state index is 0. The fraction of sp³-hybridized carbons (Fsp3) is 1.00. The van der Waals surface area contributed by atoms with Gasteiger partial charge in [-0.1, -0.05) is 7.43 Å². The first-order chi connectivity index (χ1) is 2.56. The average Bonchev–Trinajstić information content (AvgIpc) is 1.35. The summed E-state index contributed by atoms with van der Waals surface area (Å²) in [5, 5.41) is 0. The van der Waals surface area contributed by atoms with Gasteiger partial charge in [-0.05, 0) is 6.92 Å². The molecular formula is C3H11NaO3S. The Morgan fingerprint density at radius 3 is 1.75 bits per heavy atom. The van der Waals surface area contributed by atoms with Crippen LogP contribution in [0.15, 0.2) is 0 Å². The van der Waals surface area contributed by atoms with Crippen LogP contribution in [0, 0.1) is 0 Å². The monoisotopic (exact) mass is 150 g/mol. The van der Waals surface area contributed by atoms with Crippen LogP contribution in [0.1, 0.15) is 15.8 Å².